The molecule has 1 heterocycles. The lowest BCUT2D eigenvalue weighted by atomic mass is 10.1. The Morgan fingerprint density at radius 2 is 2.05 bits per heavy atom. The molecule has 0 saturated heterocycles. The Hall–Kier alpha value is -2.00. The Balaban J connectivity index is 0.00000176. The van der Waals surface area contributed by atoms with Gasteiger partial charge in [0.2, 0.25) is 0 Å². The molecule has 116 valence electrons. The van der Waals surface area contributed by atoms with Gasteiger partial charge in [0.25, 0.3) is 5.91 Å². The first-order valence-corrected chi connectivity index (χ1v) is 7.43. The second-order valence-electron chi connectivity index (χ2n) is 5.48. The van der Waals surface area contributed by atoms with Crippen LogP contribution in [0.5, 0.6) is 0 Å². The summed E-state index contributed by atoms with van der Waals surface area (Å²) in [6, 6.07) is 14.2. The van der Waals surface area contributed by atoms with Gasteiger partial charge in [-0.3, -0.25) is 4.79 Å². The molecule has 0 aliphatic carbocycles. The Labute approximate surface area is 137 Å². The Morgan fingerprint density at radius 3 is 2.86 bits per heavy atom. The second kappa shape index (κ2) is 7.32. The van der Waals surface area contributed by atoms with Crippen LogP contribution in [0.25, 0.3) is 0 Å². The maximum atomic E-state index is 12.2. The van der Waals surface area contributed by atoms with Crippen molar-refractivity contribution in [1.82, 2.24) is 5.32 Å². The van der Waals surface area contributed by atoms with Crippen molar-refractivity contribution in [2.24, 2.45) is 0 Å². The molecule has 0 fully saturated rings. The van der Waals surface area contributed by atoms with E-state index < -0.39 is 0 Å². The van der Waals surface area contributed by atoms with Crippen LogP contribution in [0.1, 0.15) is 27.0 Å². The Morgan fingerprint density at radius 1 is 1.23 bits per heavy atom. The number of anilines is 1. The van der Waals surface area contributed by atoms with Gasteiger partial charge in [-0.2, -0.15) is 0 Å². The van der Waals surface area contributed by atoms with E-state index in [2.05, 4.69) is 29.7 Å². The SMILES string of the molecule is Cc1ccccc1CCNC(=O)c1ccc2c(c1)CCN2.Cl. The van der Waals surface area contributed by atoms with E-state index in [9.17, 15) is 4.79 Å². The fourth-order valence-electron chi connectivity index (χ4n) is 2.75. The minimum Gasteiger partial charge on any atom is -0.384 e. The van der Waals surface area contributed by atoms with Crippen molar-refractivity contribution in [3.8, 4) is 0 Å². The number of hydrogen-bond acceptors (Lipinski definition) is 2. The zero-order chi connectivity index (χ0) is 14.7. The van der Waals surface area contributed by atoms with Crippen molar-refractivity contribution >= 4 is 24.0 Å². The van der Waals surface area contributed by atoms with Crippen LogP contribution in [-0.2, 0) is 12.8 Å². The Bertz CT molecular complexity index is 670. The summed E-state index contributed by atoms with van der Waals surface area (Å²) >= 11 is 0. The first-order valence-electron chi connectivity index (χ1n) is 7.43. The van der Waals surface area contributed by atoms with Crippen LogP contribution in [-0.4, -0.2) is 19.0 Å². The van der Waals surface area contributed by atoms with Crippen molar-refractivity contribution in [3.05, 3.63) is 64.7 Å². The van der Waals surface area contributed by atoms with Crippen LogP contribution >= 0.6 is 12.4 Å². The van der Waals surface area contributed by atoms with E-state index in [1.807, 2.05) is 30.3 Å². The summed E-state index contributed by atoms with van der Waals surface area (Å²) in [6.07, 6.45) is 1.87. The van der Waals surface area contributed by atoms with Crippen LogP contribution in [0.4, 0.5) is 5.69 Å². The molecule has 0 radical (unpaired) electrons. The first kappa shape index (κ1) is 16.4. The van der Waals surface area contributed by atoms with Crippen LogP contribution in [0.2, 0.25) is 0 Å². The van der Waals surface area contributed by atoms with Gasteiger partial charge in [-0.25, -0.2) is 0 Å². The number of carbonyl (C=O) groups is 1. The number of fused-ring (bicyclic) bond motifs is 1. The molecule has 4 heteroatoms. The zero-order valence-corrected chi connectivity index (χ0v) is 13.5. The average molecular weight is 317 g/mol. The quantitative estimate of drug-likeness (QED) is 0.908. The molecule has 1 aliphatic rings. The smallest absolute Gasteiger partial charge is 0.251 e. The topological polar surface area (TPSA) is 41.1 Å². The molecule has 0 aromatic heterocycles. The monoisotopic (exact) mass is 316 g/mol. The number of aryl methyl sites for hydroxylation is 1. The average Bonchev–Trinajstić information content (AvgIpc) is 2.96. The number of rotatable bonds is 4. The van der Waals surface area contributed by atoms with Gasteiger partial charge in [-0.05, 0) is 54.7 Å². The first-order chi connectivity index (χ1) is 10.2. The Kier molecular flexibility index (Phi) is 5.45. The highest BCUT2D eigenvalue weighted by atomic mass is 35.5. The fourth-order valence-corrected chi connectivity index (χ4v) is 2.75. The lowest BCUT2D eigenvalue weighted by Gasteiger charge is -2.08. The van der Waals surface area contributed by atoms with E-state index in [1.54, 1.807) is 0 Å². The molecule has 0 saturated carbocycles. The van der Waals surface area contributed by atoms with Gasteiger partial charge in [0.1, 0.15) is 0 Å². The van der Waals surface area contributed by atoms with E-state index in [-0.39, 0.29) is 18.3 Å². The van der Waals surface area contributed by atoms with Gasteiger partial charge in [-0.1, -0.05) is 24.3 Å². The van der Waals surface area contributed by atoms with Gasteiger partial charge >= 0.3 is 0 Å². The van der Waals surface area contributed by atoms with E-state index in [1.165, 1.54) is 16.7 Å². The van der Waals surface area contributed by atoms with Crippen molar-refractivity contribution in [2.75, 3.05) is 18.4 Å². The van der Waals surface area contributed by atoms with Gasteiger partial charge in [-0.15, -0.1) is 12.4 Å². The number of benzene rings is 2. The summed E-state index contributed by atoms with van der Waals surface area (Å²) in [5, 5.41) is 6.31. The molecule has 3 nitrogen and oxygen atoms in total. The van der Waals surface area contributed by atoms with Gasteiger partial charge in [0.05, 0.1) is 0 Å². The van der Waals surface area contributed by atoms with Crippen LogP contribution in [0.15, 0.2) is 42.5 Å². The maximum Gasteiger partial charge on any atom is 0.251 e. The second-order valence-corrected chi connectivity index (χ2v) is 5.48. The van der Waals surface area contributed by atoms with Crippen molar-refractivity contribution < 1.29 is 4.79 Å². The third-order valence-electron chi connectivity index (χ3n) is 4.02. The molecule has 1 amide bonds. The summed E-state index contributed by atoms with van der Waals surface area (Å²) in [5.74, 6) is 0.0123. The highest BCUT2D eigenvalue weighted by Gasteiger charge is 2.13. The minimum atomic E-state index is 0. The predicted octanol–water partition coefficient (Wildman–Crippen LogP) is 3.36. The van der Waals surface area contributed by atoms with E-state index >= 15 is 0 Å². The number of halogens is 1. The normalized spacial score (nSPS) is 12.0. The molecule has 0 atom stereocenters. The van der Waals surface area contributed by atoms with Crippen LogP contribution in [0, 0.1) is 6.92 Å². The third kappa shape index (κ3) is 3.60. The molecule has 0 bridgehead atoms. The number of nitrogens with one attached hydrogen (secondary N) is 2. The fraction of sp³-hybridized carbons (Fsp3) is 0.278. The summed E-state index contributed by atoms with van der Waals surface area (Å²) in [6.45, 7) is 3.73. The zero-order valence-electron chi connectivity index (χ0n) is 12.7. The molecule has 2 aromatic carbocycles. The molecule has 2 N–H and O–H groups in total. The molecule has 2 aromatic rings. The van der Waals surface area contributed by atoms with E-state index in [0.29, 0.717) is 6.54 Å². The summed E-state index contributed by atoms with van der Waals surface area (Å²) in [7, 11) is 0. The largest absolute Gasteiger partial charge is 0.384 e. The van der Waals surface area contributed by atoms with Gasteiger partial charge < -0.3 is 10.6 Å². The van der Waals surface area contributed by atoms with E-state index in [0.717, 1.165) is 30.6 Å². The van der Waals surface area contributed by atoms with Crippen molar-refractivity contribution in [2.45, 2.75) is 19.8 Å². The maximum absolute atomic E-state index is 12.2. The lowest BCUT2D eigenvalue weighted by Crippen LogP contribution is -2.25. The van der Waals surface area contributed by atoms with Gasteiger partial charge in [0.15, 0.2) is 0 Å². The molecule has 22 heavy (non-hydrogen) atoms. The highest BCUT2D eigenvalue weighted by Crippen LogP contribution is 2.22. The number of amides is 1. The van der Waals surface area contributed by atoms with Crippen molar-refractivity contribution in [1.29, 1.82) is 0 Å². The number of carbonyl (C=O) groups excluding carboxylic acids is 1. The summed E-state index contributed by atoms with van der Waals surface area (Å²) in [4.78, 5) is 12.2. The summed E-state index contributed by atoms with van der Waals surface area (Å²) in [5.41, 5.74) is 5.71. The lowest BCUT2D eigenvalue weighted by molar-refractivity contribution is 0.0954. The predicted molar refractivity (Wildman–Crippen MR) is 93.1 cm³/mol. The molecule has 0 unspecified atom stereocenters. The van der Waals surface area contributed by atoms with Crippen LogP contribution < -0.4 is 10.6 Å². The van der Waals surface area contributed by atoms with E-state index in [4.69, 9.17) is 0 Å². The third-order valence-corrected chi connectivity index (χ3v) is 4.02. The van der Waals surface area contributed by atoms with Crippen molar-refractivity contribution in [3.63, 3.8) is 0 Å². The molecule has 3 rings (SSSR count). The van der Waals surface area contributed by atoms with Crippen LogP contribution in [0.3, 0.4) is 0 Å². The molecular weight excluding hydrogens is 296 g/mol. The molecule has 0 spiro atoms. The number of hydrogen-bond donors (Lipinski definition) is 2. The summed E-state index contributed by atoms with van der Waals surface area (Å²) < 4.78 is 0. The highest BCUT2D eigenvalue weighted by molar-refractivity contribution is 5.95. The van der Waals surface area contributed by atoms with Gasteiger partial charge in [0, 0.05) is 24.3 Å². The molecule has 1 aliphatic heterocycles. The standard InChI is InChI=1S/C18H20N2O.ClH/c1-13-4-2-3-5-14(13)8-11-20-18(21)16-6-7-17-15(12-16)9-10-19-17;/h2-7,12,19H,8-11H2,1H3,(H,20,21);1H. The minimum absolute atomic E-state index is 0. The molecular formula is C18H21ClN2O.